The van der Waals surface area contributed by atoms with E-state index < -0.39 is 15.6 Å². The maximum absolute atomic E-state index is 12.9. The molecule has 0 N–H and O–H groups in total. The first-order chi connectivity index (χ1) is 11.2. The summed E-state index contributed by atoms with van der Waals surface area (Å²) in [4.78, 5) is 14.3. The summed E-state index contributed by atoms with van der Waals surface area (Å²) in [7, 11) is -3.53. The molecule has 0 spiro atoms. The molecule has 7 heteroatoms. The van der Waals surface area contributed by atoms with Crippen LogP contribution in [0.15, 0.2) is 35.2 Å². The highest BCUT2D eigenvalue weighted by Gasteiger charge is 2.48. The Hall–Kier alpha value is -1.60. The zero-order chi connectivity index (χ0) is 17.5. The molecule has 6 nitrogen and oxygen atoms in total. The third-order valence-electron chi connectivity index (χ3n) is 4.39. The van der Waals surface area contributed by atoms with Crippen LogP contribution in [-0.2, 0) is 14.8 Å². The molecular weight excluding hydrogens is 328 g/mol. The highest BCUT2D eigenvalue weighted by Crippen LogP contribution is 2.35. The monoisotopic (exact) mass is 352 g/mol. The van der Waals surface area contributed by atoms with Crippen molar-refractivity contribution in [3.63, 3.8) is 0 Å². The number of carbonyl (C=O) groups is 1. The van der Waals surface area contributed by atoms with E-state index in [0.29, 0.717) is 18.0 Å². The van der Waals surface area contributed by atoms with Crippen molar-refractivity contribution in [2.75, 3.05) is 13.1 Å². The lowest BCUT2D eigenvalue weighted by Crippen LogP contribution is -2.57. The summed E-state index contributed by atoms with van der Waals surface area (Å²) in [6.45, 7) is 6.26. The maximum Gasteiger partial charge on any atom is 0.410 e. The predicted molar refractivity (Wildman–Crippen MR) is 90.1 cm³/mol. The molecule has 1 aromatic carbocycles. The van der Waals surface area contributed by atoms with E-state index in [4.69, 9.17) is 4.74 Å². The van der Waals surface area contributed by atoms with Crippen molar-refractivity contribution in [1.82, 2.24) is 9.21 Å². The van der Waals surface area contributed by atoms with Gasteiger partial charge in [-0.15, -0.1) is 0 Å². The molecule has 0 aliphatic carbocycles. The van der Waals surface area contributed by atoms with Crippen LogP contribution in [0, 0.1) is 0 Å². The molecule has 0 aromatic heterocycles. The zero-order valence-corrected chi connectivity index (χ0v) is 15.1. The summed E-state index contributed by atoms with van der Waals surface area (Å²) in [6, 6.07) is 8.14. The SMILES string of the molecule is CC(C)(C)OC(=O)N1CC2CCC(C1)N2S(=O)(=O)c1ccccc1. The molecule has 2 aliphatic heterocycles. The summed E-state index contributed by atoms with van der Waals surface area (Å²) >= 11 is 0. The van der Waals surface area contributed by atoms with Gasteiger partial charge in [-0.3, -0.25) is 0 Å². The van der Waals surface area contributed by atoms with Crippen LogP contribution < -0.4 is 0 Å². The molecule has 2 aliphatic rings. The Kier molecular flexibility index (Phi) is 4.34. The van der Waals surface area contributed by atoms with Crippen LogP contribution in [0.4, 0.5) is 4.79 Å². The van der Waals surface area contributed by atoms with Crippen molar-refractivity contribution in [3.8, 4) is 0 Å². The summed E-state index contributed by atoms with van der Waals surface area (Å²) in [5.41, 5.74) is -0.552. The van der Waals surface area contributed by atoms with Gasteiger partial charge in [-0.25, -0.2) is 13.2 Å². The Balaban J connectivity index is 1.78. The fraction of sp³-hybridized carbons (Fsp3) is 0.588. The molecule has 1 amide bonds. The molecule has 2 bridgehead atoms. The molecule has 2 unspecified atom stereocenters. The average molecular weight is 352 g/mol. The fourth-order valence-electron chi connectivity index (χ4n) is 3.45. The van der Waals surface area contributed by atoms with Crippen LogP contribution in [0.5, 0.6) is 0 Å². The number of piperazine rings is 1. The van der Waals surface area contributed by atoms with Gasteiger partial charge < -0.3 is 9.64 Å². The first kappa shape index (κ1) is 17.2. The normalized spacial score (nSPS) is 24.9. The highest BCUT2D eigenvalue weighted by molar-refractivity contribution is 7.89. The number of rotatable bonds is 2. The molecule has 3 rings (SSSR count). The molecule has 2 fully saturated rings. The maximum atomic E-state index is 12.9. The molecule has 0 saturated carbocycles. The van der Waals surface area contributed by atoms with Crippen molar-refractivity contribution >= 4 is 16.1 Å². The molecule has 0 radical (unpaired) electrons. The molecule has 132 valence electrons. The van der Waals surface area contributed by atoms with Gasteiger partial charge in [-0.2, -0.15) is 4.31 Å². The van der Waals surface area contributed by atoms with Gasteiger partial charge in [0, 0.05) is 25.2 Å². The van der Waals surface area contributed by atoms with E-state index in [9.17, 15) is 13.2 Å². The third-order valence-corrected chi connectivity index (χ3v) is 6.40. The number of likely N-dealkylation sites (tertiary alicyclic amines) is 1. The molecule has 2 saturated heterocycles. The van der Waals surface area contributed by atoms with Crippen molar-refractivity contribution in [2.24, 2.45) is 0 Å². The number of hydrogen-bond donors (Lipinski definition) is 0. The highest BCUT2D eigenvalue weighted by atomic mass is 32.2. The minimum atomic E-state index is -3.53. The van der Waals surface area contributed by atoms with E-state index in [2.05, 4.69) is 0 Å². The van der Waals surface area contributed by atoms with Crippen molar-refractivity contribution in [1.29, 1.82) is 0 Å². The fourth-order valence-corrected chi connectivity index (χ4v) is 5.32. The van der Waals surface area contributed by atoms with E-state index in [-0.39, 0.29) is 18.2 Å². The van der Waals surface area contributed by atoms with Gasteiger partial charge in [-0.05, 0) is 45.7 Å². The summed E-state index contributed by atoms with van der Waals surface area (Å²) < 4.78 is 32.9. The number of amides is 1. The van der Waals surface area contributed by atoms with Gasteiger partial charge in [0.25, 0.3) is 0 Å². The molecule has 2 heterocycles. The van der Waals surface area contributed by atoms with Crippen LogP contribution in [0.25, 0.3) is 0 Å². The first-order valence-corrected chi connectivity index (χ1v) is 9.69. The Labute approximate surface area is 143 Å². The van der Waals surface area contributed by atoms with Crippen LogP contribution in [0.3, 0.4) is 0 Å². The van der Waals surface area contributed by atoms with Crippen molar-refractivity contribution in [2.45, 2.75) is 56.2 Å². The topological polar surface area (TPSA) is 66.9 Å². The third kappa shape index (κ3) is 3.28. The Morgan fingerprint density at radius 3 is 2.12 bits per heavy atom. The smallest absolute Gasteiger partial charge is 0.410 e. The van der Waals surface area contributed by atoms with Crippen LogP contribution in [0.1, 0.15) is 33.6 Å². The average Bonchev–Trinajstić information content (AvgIpc) is 2.78. The summed E-state index contributed by atoms with van der Waals surface area (Å²) in [6.07, 6.45) is 1.18. The lowest BCUT2D eigenvalue weighted by molar-refractivity contribution is 0.0120. The van der Waals surface area contributed by atoms with Gasteiger partial charge in [0.15, 0.2) is 0 Å². The number of sulfonamides is 1. The summed E-state index contributed by atoms with van der Waals surface area (Å²) in [5, 5.41) is 0. The number of carbonyl (C=O) groups excluding carboxylic acids is 1. The van der Waals surface area contributed by atoms with Crippen LogP contribution in [-0.4, -0.2) is 54.5 Å². The van der Waals surface area contributed by atoms with E-state index in [0.717, 1.165) is 12.8 Å². The van der Waals surface area contributed by atoms with E-state index in [1.165, 1.54) is 0 Å². The van der Waals surface area contributed by atoms with E-state index in [1.54, 1.807) is 39.5 Å². The standard InChI is InChI=1S/C17H24N2O4S/c1-17(2,3)23-16(20)18-11-13-9-10-14(12-18)19(13)24(21,22)15-7-5-4-6-8-15/h4-8,13-14H,9-12H2,1-3H3. The first-order valence-electron chi connectivity index (χ1n) is 8.25. The second-order valence-electron chi connectivity index (χ2n) is 7.42. The van der Waals surface area contributed by atoms with Crippen molar-refractivity contribution < 1.29 is 17.9 Å². The van der Waals surface area contributed by atoms with Gasteiger partial charge >= 0.3 is 6.09 Å². The van der Waals surface area contributed by atoms with Gasteiger partial charge in [0.2, 0.25) is 10.0 Å². The quantitative estimate of drug-likeness (QED) is 0.820. The molecule has 2 atom stereocenters. The number of nitrogens with zero attached hydrogens (tertiary/aromatic N) is 2. The molecule has 1 aromatic rings. The van der Waals surface area contributed by atoms with Gasteiger partial charge in [0.05, 0.1) is 4.90 Å². The minimum Gasteiger partial charge on any atom is -0.444 e. The van der Waals surface area contributed by atoms with Gasteiger partial charge in [0.1, 0.15) is 5.60 Å². The lowest BCUT2D eigenvalue weighted by Gasteiger charge is -2.40. The largest absolute Gasteiger partial charge is 0.444 e. The number of ether oxygens (including phenoxy) is 1. The Bertz CT molecular complexity index is 698. The second kappa shape index (κ2) is 6.04. The Morgan fingerprint density at radius 2 is 1.62 bits per heavy atom. The van der Waals surface area contributed by atoms with E-state index >= 15 is 0 Å². The molecule has 24 heavy (non-hydrogen) atoms. The van der Waals surface area contributed by atoms with Crippen LogP contribution >= 0.6 is 0 Å². The number of fused-ring (bicyclic) bond motifs is 2. The van der Waals surface area contributed by atoms with E-state index in [1.807, 2.05) is 20.8 Å². The molecular formula is C17H24N2O4S. The lowest BCUT2D eigenvalue weighted by atomic mass is 10.2. The van der Waals surface area contributed by atoms with Crippen molar-refractivity contribution in [3.05, 3.63) is 30.3 Å². The number of benzene rings is 1. The minimum absolute atomic E-state index is 0.179. The van der Waals surface area contributed by atoms with Gasteiger partial charge in [-0.1, -0.05) is 18.2 Å². The van der Waals surface area contributed by atoms with Crippen LogP contribution in [0.2, 0.25) is 0 Å². The Morgan fingerprint density at radius 1 is 1.08 bits per heavy atom. The zero-order valence-electron chi connectivity index (χ0n) is 14.3. The second-order valence-corrected chi connectivity index (χ2v) is 9.26. The summed E-state index contributed by atoms with van der Waals surface area (Å²) in [5.74, 6) is 0. The number of hydrogen-bond acceptors (Lipinski definition) is 4. The predicted octanol–water partition coefficient (Wildman–Crippen LogP) is 2.46.